The van der Waals surface area contributed by atoms with E-state index in [1.165, 1.54) is 48.5 Å². The molecular weight excluding hydrogens is 520 g/mol. The summed E-state index contributed by atoms with van der Waals surface area (Å²) in [7, 11) is 0. The Morgan fingerprint density at radius 3 is 2.37 bits per heavy atom. The average molecular weight is 539 g/mol. The number of amides is 1. The number of hydrogen-bond acceptors (Lipinski definition) is 10. The molecule has 0 spiro atoms. The summed E-state index contributed by atoms with van der Waals surface area (Å²) in [5.74, 6) is -2.17. The maximum absolute atomic E-state index is 13.4. The number of anilines is 2. The number of aromatic hydroxyl groups is 2. The molecule has 1 heterocycles. The lowest BCUT2D eigenvalue weighted by Crippen LogP contribution is -2.37. The van der Waals surface area contributed by atoms with Crippen LogP contribution in [0.5, 0.6) is 11.5 Å². The van der Waals surface area contributed by atoms with Crippen molar-refractivity contribution in [3.63, 3.8) is 0 Å². The van der Waals surface area contributed by atoms with Crippen LogP contribution >= 0.6 is 11.6 Å². The fourth-order valence-electron chi connectivity index (χ4n) is 3.88. The molecule has 194 valence electrons. The van der Waals surface area contributed by atoms with E-state index in [4.69, 9.17) is 11.6 Å². The van der Waals surface area contributed by atoms with E-state index in [0.717, 1.165) is 12.1 Å². The summed E-state index contributed by atoms with van der Waals surface area (Å²) in [6.07, 6.45) is 0. The number of nitro benzene ring substituents is 2. The number of nitrogens with zero attached hydrogens (tertiary/aromatic N) is 4. The second kappa shape index (κ2) is 10.5. The number of nitro groups is 2. The van der Waals surface area contributed by atoms with E-state index in [1.807, 2.05) is 0 Å². The predicted octanol–water partition coefficient (Wildman–Crippen LogP) is 4.81. The maximum Gasteiger partial charge on any atom is 0.271 e. The molecule has 0 bridgehead atoms. The first-order valence-electron chi connectivity index (χ1n) is 10.9. The van der Waals surface area contributed by atoms with Crippen LogP contribution < -0.4 is 10.6 Å². The van der Waals surface area contributed by atoms with Crippen LogP contribution in [0.4, 0.5) is 22.7 Å². The predicted molar refractivity (Wildman–Crippen MR) is 140 cm³/mol. The van der Waals surface area contributed by atoms with E-state index >= 15 is 0 Å². The zero-order valence-corrected chi connectivity index (χ0v) is 20.3. The molecule has 13 nitrogen and oxygen atoms in total. The first-order chi connectivity index (χ1) is 18.0. The van der Waals surface area contributed by atoms with Crippen LogP contribution in [0.25, 0.3) is 0 Å². The number of non-ortho nitro benzene ring substituents is 2. The van der Waals surface area contributed by atoms with Crippen LogP contribution in [0.2, 0.25) is 5.02 Å². The summed E-state index contributed by atoms with van der Waals surface area (Å²) in [6, 6.07) is 12.0. The van der Waals surface area contributed by atoms with Crippen LogP contribution in [-0.2, 0) is 4.79 Å². The van der Waals surface area contributed by atoms with Crippen LogP contribution in [0.15, 0.2) is 70.6 Å². The van der Waals surface area contributed by atoms with Crippen molar-refractivity contribution in [2.24, 2.45) is 15.9 Å². The fraction of sp³-hybridized carbons (Fsp3) is 0.125. The molecule has 0 saturated heterocycles. The number of benzene rings is 3. The van der Waals surface area contributed by atoms with Crippen molar-refractivity contribution < 1.29 is 24.9 Å². The highest BCUT2D eigenvalue weighted by Gasteiger charge is 2.37. The summed E-state index contributed by atoms with van der Waals surface area (Å²) >= 11 is 6.18. The number of halogens is 1. The summed E-state index contributed by atoms with van der Waals surface area (Å²) in [5.41, 5.74) is 0.493. The van der Waals surface area contributed by atoms with Gasteiger partial charge in [0.2, 0.25) is 11.9 Å². The van der Waals surface area contributed by atoms with Gasteiger partial charge in [-0.1, -0.05) is 17.7 Å². The minimum atomic E-state index is -1.05. The second-order valence-electron chi connectivity index (χ2n) is 8.21. The Bertz CT molecular complexity index is 1520. The zero-order valence-electron chi connectivity index (χ0n) is 19.5. The lowest BCUT2D eigenvalue weighted by atomic mass is 9.87. The quantitative estimate of drug-likeness (QED) is 0.253. The third-order valence-corrected chi connectivity index (χ3v) is 5.97. The number of carbonyl (C=O) groups is 1. The highest BCUT2D eigenvalue weighted by molar-refractivity contribution is 6.34. The van der Waals surface area contributed by atoms with E-state index < -0.39 is 27.7 Å². The summed E-state index contributed by atoms with van der Waals surface area (Å²) < 4.78 is 0. The Morgan fingerprint density at radius 2 is 1.71 bits per heavy atom. The maximum atomic E-state index is 13.4. The number of carbonyl (C=O) groups excluding carboxylic acids is 1. The standard InChI is InChI=1S/C24H19ClN6O7/c1-12-21(23(34)27-13-3-2-4-14(9-13)30(35)36)22(17-7-6-16(32)11-20(17)33)29-24(26-12)28-19-8-5-15(31(37)38)10-18(19)25/h2-11,21-22,32-33H,1H3,(H,27,34)(H,28,29). The van der Waals surface area contributed by atoms with Crippen LogP contribution in [-0.4, -0.2) is 37.6 Å². The van der Waals surface area contributed by atoms with Gasteiger partial charge < -0.3 is 20.8 Å². The molecule has 0 aliphatic carbocycles. The SMILES string of the molecule is CC1=NC(Nc2ccc([N+](=O)[O-])cc2Cl)=NC(c2ccc(O)cc2O)C1C(=O)Nc1cccc([N+](=O)[O-])c1. The normalized spacial score (nSPS) is 16.7. The molecule has 1 aliphatic heterocycles. The zero-order chi connectivity index (χ0) is 27.6. The Kier molecular flexibility index (Phi) is 7.21. The highest BCUT2D eigenvalue weighted by atomic mass is 35.5. The Balaban J connectivity index is 1.70. The van der Waals surface area contributed by atoms with E-state index in [-0.39, 0.29) is 56.5 Å². The van der Waals surface area contributed by atoms with Crippen molar-refractivity contribution in [3.8, 4) is 11.5 Å². The van der Waals surface area contributed by atoms with Crippen molar-refractivity contribution in [2.45, 2.75) is 13.0 Å². The van der Waals surface area contributed by atoms with Gasteiger partial charge in [0.25, 0.3) is 11.4 Å². The van der Waals surface area contributed by atoms with Crippen LogP contribution in [0.3, 0.4) is 0 Å². The Morgan fingerprint density at radius 1 is 1.00 bits per heavy atom. The number of aliphatic imine (C=N–C) groups is 2. The Labute approximate surface area is 219 Å². The number of hydrogen-bond donors (Lipinski definition) is 4. The third-order valence-electron chi connectivity index (χ3n) is 5.66. The lowest BCUT2D eigenvalue weighted by Gasteiger charge is -2.28. The van der Waals surface area contributed by atoms with Crippen molar-refractivity contribution in [2.75, 3.05) is 10.6 Å². The molecule has 14 heteroatoms. The Hall–Kier alpha value is -5.04. The summed E-state index contributed by atoms with van der Waals surface area (Å²) in [5, 5.41) is 47.9. The fourth-order valence-corrected chi connectivity index (χ4v) is 4.10. The lowest BCUT2D eigenvalue weighted by molar-refractivity contribution is -0.385. The molecule has 0 saturated carbocycles. The molecule has 2 unspecified atom stereocenters. The average Bonchev–Trinajstić information content (AvgIpc) is 2.85. The summed E-state index contributed by atoms with van der Waals surface area (Å²) in [6.45, 7) is 1.57. The number of phenols is 2. The van der Waals surface area contributed by atoms with Gasteiger partial charge in [-0.05, 0) is 31.2 Å². The van der Waals surface area contributed by atoms with Gasteiger partial charge in [-0.15, -0.1) is 0 Å². The van der Waals surface area contributed by atoms with Crippen molar-refractivity contribution in [1.29, 1.82) is 0 Å². The van der Waals surface area contributed by atoms with Crippen LogP contribution in [0, 0.1) is 26.1 Å². The van der Waals surface area contributed by atoms with Crippen molar-refractivity contribution in [3.05, 3.63) is 91.5 Å². The molecule has 0 radical (unpaired) electrons. The van der Waals surface area contributed by atoms with E-state index in [1.54, 1.807) is 6.92 Å². The monoisotopic (exact) mass is 538 g/mol. The van der Waals surface area contributed by atoms with Gasteiger partial charge in [-0.3, -0.25) is 25.0 Å². The topological polar surface area (TPSA) is 193 Å². The number of rotatable bonds is 6. The van der Waals surface area contributed by atoms with Gasteiger partial charge in [0.1, 0.15) is 17.4 Å². The largest absolute Gasteiger partial charge is 0.508 e. The first kappa shape index (κ1) is 26.0. The second-order valence-corrected chi connectivity index (χ2v) is 8.62. The molecule has 3 aromatic carbocycles. The van der Waals surface area contributed by atoms with Crippen molar-refractivity contribution >= 4 is 51.9 Å². The molecule has 1 amide bonds. The van der Waals surface area contributed by atoms with Gasteiger partial charge in [-0.25, -0.2) is 9.98 Å². The number of nitrogens with one attached hydrogen (secondary N) is 2. The van der Waals surface area contributed by atoms with Crippen molar-refractivity contribution in [1.82, 2.24) is 0 Å². The van der Waals surface area contributed by atoms with Gasteiger partial charge in [0, 0.05) is 47.3 Å². The van der Waals surface area contributed by atoms with Gasteiger partial charge in [0.05, 0.1) is 26.6 Å². The van der Waals surface area contributed by atoms with E-state index in [2.05, 4.69) is 20.6 Å². The minimum absolute atomic E-state index is 0.00938. The summed E-state index contributed by atoms with van der Waals surface area (Å²) in [4.78, 5) is 43.2. The molecule has 0 fully saturated rings. The molecule has 4 rings (SSSR count). The first-order valence-corrected chi connectivity index (χ1v) is 11.3. The van der Waals surface area contributed by atoms with Gasteiger partial charge in [-0.2, -0.15) is 0 Å². The number of guanidine groups is 1. The van der Waals surface area contributed by atoms with Gasteiger partial charge >= 0.3 is 0 Å². The molecule has 0 aromatic heterocycles. The van der Waals surface area contributed by atoms with E-state index in [9.17, 15) is 35.2 Å². The smallest absolute Gasteiger partial charge is 0.271 e. The molecule has 1 aliphatic rings. The third kappa shape index (κ3) is 5.52. The molecule has 2 atom stereocenters. The number of phenolic OH excluding ortho intramolecular Hbond substituents is 2. The molecule has 4 N–H and O–H groups in total. The molecule has 38 heavy (non-hydrogen) atoms. The molecule has 3 aromatic rings. The highest BCUT2D eigenvalue weighted by Crippen LogP contribution is 2.38. The minimum Gasteiger partial charge on any atom is -0.508 e. The molecular formula is C24H19ClN6O7. The van der Waals surface area contributed by atoms with Gasteiger partial charge in [0.15, 0.2) is 0 Å². The van der Waals surface area contributed by atoms with E-state index in [0.29, 0.717) is 0 Å². The van der Waals surface area contributed by atoms with Crippen LogP contribution in [0.1, 0.15) is 18.5 Å².